The number of hydrogen-bond acceptors (Lipinski definition) is 6. The average Bonchev–Trinajstić information content (AvgIpc) is 2.71. The van der Waals surface area contributed by atoms with Crippen molar-refractivity contribution < 1.29 is 31.5 Å². The number of anilines is 2. The maximum Gasteiger partial charge on any atom is 0.430 e. The quantitative estimate of drug-likeness (QED) is 0.702. The Balaban J connectivity index is 1.90. The van der Waals surface area contributed by atoms with Crippen molar-refractivity contribution in [1.82, 2.24) is 15.3 Å². The molecule has 0 spiro atoms. The molecule has 7 nitrogen and oxygen atoms in total. The topological polar surface area (TPSA) is 79.4 Å². The molecule has 4 heterocycles. The highest BCUT2D eigenvalue weighted by atomic mass is 19.4. The molecular formula is C19H18F5N5O2. The summed E-state index contributed by atoms with van der Waals surface area (Å²) in [7, 11) is 0. The van der Waals surface area contributed by atoms with Gasteiger partial charge < -0.3 is 15.0 Å². The number of alkyl halides is 5. The highest BCUT2D eigenvalue weighted by Crippen LogP contribution is 2.46. The van der Waals surface area contributed by atoms with Gasteiger partial charge in [0.05, 0.1) is 11.3 Å². The number of carbonyl (C=O) groups excluding carboxylic acids is 1. The number of piperazine rings is 1. The van der Waals surface area contributed by atoms with Crippen LogP contribution in [0, 0.1) is 0 Å². The minimum Gasteiger partial charge on any atom is -0.431 e. The number of fused-ring (bicyclic) bond motifs is 1. The molecule has 2 N–H and O–H groups in total. The van der Waals surface area contributed by atoms with Crippen molar-refractivity contribution >= 4 is 17.7 Å². The molecule has 0 saturated carbocycles. The van der Waals surface area contributed by atoms with Crippen LogP contribution in [0.5, 0.6) is 0 Å². The van der Waals surface area contributed by atoms with Gasteiger partial charge >= 0.3 is 12.3 Å². The summed E-state index contributed by atoms with van der Waals surface area (Å²) in [6.07, 6.45) is -7.66. The lowest BCUT2D eigenvalue weighted by atomic mass is 9.97. The summed E-state index contributed by atoms with van der Waals surface area (Å²) in [5.74, 6) is -3.37. The van der Waals surface area contributed by atoms with Gasteiger partial charge in [-0.2, -0.15) is 13.2 Å². The maximum absolute atomic E-state index is 14.2. The minimum absolute atomic E-state index is 0.0970. The minimum atomic E-state index is -4.93. The van der Waals surface area contributed by atoms with E-state index in [0.29, 0.717) is 33.1 Å². The molecule has 2 aliphatic heterocycles. The molecule has 0 unspecified atom stereocenters. The van der Waals surface area contributed by atoms with Crippen molar-refractivity contribution in [3.8, 4) is 11.3 Å². The Hall–Kier alpha value is -3.02. The molecule has 0 aromatic carbocycles. The van der Waals surface area contributed by atoms with Crippen LogP contribution in [0.2, 0.25) is 0 Å². The number of ether oxygens (including phenoxy) is 1. The van der Waals surface area contributed by atoms with Gasteiger partial charge in [-0.1, -0.05) is 0 Å². The molecule has 31 heavy (non-hydrogen) atoms. The SMILES string of the molecule is CC(F)(F)c1cc(-c2ccnc3c2[C@H](C(F)(F)F)OC(=O)N3)nc(N2CCNCC2)c1. The van der Waals surface area contributed by atoms with Crippen molar-refractivity contribution in [1.29, 1.82) is 0 Å². The van der Waals surface area contributed by atoms with Crippen LogP contribution in [0.4, 0.5) is 38.4 Å². The smallest absolute Gasteiger partial charge is 0.430 e. The summed E-state index contributed by atoms with van der Waals surface area (Å²) in [6.45, 7) is 2.94. The highest BCUT2D eigenvalue weighted by Gasteiger charge is 2.49. The number of nitrogens with zero attached hydrogens (tertiary/aromatic N) is 3. The monoisotopic (exact) mass is 443 g/mol. The van der Waals surface area contributed by atoms with Gasteiger partial charge in [0, 0.05) is 50.4 Å². The van der Waals surface area contributed by atoms with Crippen molar-refractivity contribution in [2.75, 3.05) is 36.4 Å². The van der Waals surface area contributed by atoms with Crippen LogP contribution in [0.3, 0.4) is 0 Å². The predicted octanol–water partition coefficient (Wildman–Crippen LogP) is 3.83. The van der Waals surface area contributed by atoms with Crippen LogP contribution in [0.25, 0.3) is 11.3 Å². The Labute approximate surface area is 173 Å². The predicted molar refractivity (Wildman–Crippen MR) is 101 cm³/mol. The Bertz CT molecular complexity index is 1000. The third kappa shape index (κ3) is 4.24. The summed E-state index contributed by atoms with van der Waals surface area (Å²) in [4.78, 5) is 21.5. The first-order chi connectivity index (χ1) is 14.5. The number of aromatic nitrogens is 2. The number of amides is 1. The second-order valence-corrected chi connectivity index (χ2v) is 7.30. The van der Waals surface area contributed by atoms with Gasteiger partial charge in [0.1, 0.15) is 11.6 Å². The second kappa shape index (κ2) is 7.59. The van der Waals surface area contributed by atoms with Crippen LogP contribution >= 0.6 is 0 Å². The van der Waals surface area contributed by atoms with E-state index < -0.39 is 29.9 Å². The molecular weight excluding hydrogens is 425 g/mol. The number of rotatable bonds is 3. The highest BCUT2D eigenvalue weighted by molar-refractivity contribution is 5.89. The lowest BCUT2D eigenvalue weighted by Crippen LogP contribution is -2.44. The van der Waals surface area contributed by atoms with Gasteiger partial charge in [0.25, 0.3) is 5.92 Å². The van der Waals surface area contributed by atoms with E-state index in [1.54, 1.807) is 4.90 Å². The van der Waals surface area contributed by atoms with Crippen LogP contribution in [-0.2, 0) is 10.7 Å². The summed E-state index contributed by atoms with van der Waals surface area (Å²) in [6, 6.07) is 3.52. The van der Waals surface area contributed by atoms with E-state index in [0.717, 1.165) is 6.07 Å². The third-order valence-corrected chi connectivity index (χ3v) is 5.03. The Kier molecular flexibility index (Phi) is 5.20. The van der Waals surface area contributed by atoms with Gasteiger partial charge in [-0.3, -0.25) is 5.32 Å². The zero-order chi connectivity index (χ0) is 22.4. The molecule has 4 rings (SSSR count). The number of carbonyl (C=O) groups is 1. The molecule has 1 atom stereocenters. The fraction of sp³-hybridized carbons (Fsp3) is 0.421. The fourth-order valence-corrected chi connectivity index (χ4v) is 3.55. The molecule has 2 aliphatic rings. The first-order valence-electron chi connectivity index (χ1n) is 9.44. The molecule has 0 radical (unpaired) electrons. The van der Waals surface area contributed by atoms with Gasteiger partial charge in [-0.15, -0.1) is 0 Å². The normalized spacial score (nSPS) is 19.5. The molecule has 166 valence electrons. The average molecular weight is 443 g/mol. The first-order valence-corrected chi connectivity index (χ1v) is 9.44. The van der Waals surface area contributed by atoms with E-state index in [1.165, 1.54) is 18.3 Å². The van der Waals surface area contributed by atoms with Gasteiger partial charge in [-0.05, 0) is 18.2 Å². The van der Waals surface area contributed by atoms with Crippen molar-refractivity contribution in [3.05, 3.63) is 35.5 Å². The third-order valence-electron chi connectivity index (χ3n) is 5.03. The molecule has 12 heteroatoms. The second-order valence-electron chi connectivity index (χ2n) is 7.30. The zero-order valence-corrected chi connectivity index (χ0v) is 16.3. The zero-order valence-electron chi connectivity index (χ0n) is 16.3. The molecule has 0 aliphatic carbocycles. The Morgan fingerprint density at radius 1 is 1.16 bits per heavy atom. The van der Waals surface area contributed by atoms with Crippen LogP contribution in [0.1, 0.15) is 24.2 Å². The first kappa shape index (κ1) is 21.2. The maximum atomic E-state index is 14.2. The molecule has 1 amide bonds. The van der Waals surface area contributed by atoms with Crippen molar-refractivity contribution in [2.45, 2.75) is 25.1 Å². The molecule has 2 aromatic rings. The van der Waals surface area contributed by atoms with E-state index in [2.05, 4.69) is 25.3 Å². The molecule has 1 saturated heterocycles. The summed E-state index contributed by atoms with van der Waals surface area (Å²) in [5, 5.41) is 5.26. The lowest BCUT2D eigenvalue weighted by Gasteiger charge is -2.31. The van der Waals surface area contributed by atoms with E-state index in [-0.39, 0.29) is 28.5 Å². The number of cyclic esters (lactones) is 1. The van der Waals surface area contributed by atoms with Crippen molar-refractivity contribution in [3.63, 3.8) is 0 Å². The van der Waals surface area contributed by atoms with Crippen LogP contribution < -0.4 is 15.5 Å². The van der Waals surface area contributed by atoms with Gasteiger partial charge in [0.2, 0.25) is 6.10 Å². The van der Waals surface area contributed by atoms with E-state index in [4.69, 9.17) is 0 Å². The van der Waals surface area contributed by atoms with Crippen LogP contribution in [0.15, 0.2) is 24.4 Å². The van der Waals surface area contributed by atoms with E-state index >= 15 is 0 Å². The van der Waals surface area contributed by atoms with Gasteiger partial charge in [0.15, 0.2) is 0 Å². The number of pyridine rings is 2. The molecule has 2 aromatic heterocycles. The number of hydrogen-bond donors (Lipinski definition) is 2. The molecule has 1 fully saturated rings. The summed E-state index contributed by atoms with van der Waals surface area (Å²) < 4.78 is 73.8. The Morgan fingerprint density at radius 2 is 1.87 bits per heavy atom. The standard InChI is InChI=1S/C19H18F5N5O2/c1-18(20,21)10-8-12(27-13(9-10)29-6-4-25-5-7-29)11-2-3-26-16-14(11)15(19(22,23)24)31-17(30)28-16/h2-3,8-9,15,25H,4-7H2,1H3,(H,26,28,30)/t15-/m1/s1. The number of nitrogens with one attached hydrogen (secondary N) is 2. The number of halogens is 5. The van der Waals surface area contributed by atoms with Crippen LogP contribution in [-0.4, -0.2) is 48.4 Å². The Morgan fingerprint density at radius 3 is 2.52 bits per heavy atom. The van der Waals surface area contributed by atoms with E-state index in [9.17, 15) is 26.7 Å². The van der Waals surface area contributed by atoms with Gasteiger partial charge in [-0.25, -0.2) is 23.5 Å². The summed E-state index contributed by atoms with van der Waals surface area (Å²) >= 11 is 0. The summed E-state index contributed by atoms with van der Waals surface area (Å²) in [5.41, 5.74) is -1.07. The largest absolute Gasteiger partial charge is 0.431 e. The van der Waals surface area contributed by atoms with E-state index in [1.807, 2.05) is 0 Å². The fourth-order valence-electron chi connectivity index (χ4n) is 3.55. The van der Waals surface area contributed by atoms with Crippen molar-refractivity contribution in [2.24, 2.45) is 0 Å². The molecule has 0 bridgehead atoms. The lowest BCUT2D eigenvalue weighted by molar-refractivity contribution is -0.206.